The fourth-order valence-electron chi connectivity index (χ4n) is 2.15. The number of carbonyl (C=O) groups is 5. The summed E-state index contributed by atoms with van der Waals surface area (Å²) in [5.41, 5.74) is 5.35. The first-order chi connectivity index (χ1) is 13.5. The van der Waals surface area contributed by atoms with Gasteiger partial charge in [0.15, 0.2) is 0 Å². The lowest BCUT2D eigenvalue weighted by molar-refractivity contribution is -0.143. The van der Waals surface area contributed by atoms with Gasteiger partial charge in [-0.1, -0.05) is 20.3 Å². The Labute approximate surface area is 173 Å². The predicted octanol–water partition coefficient (Wildman–Crippen LogP) is -2.70. The molecular formula is C16H28N4O8S. The quantitative estimate of drug-likeness (QED) is 0.141. The second kappa shape index (κ2) is 13.0. The van der Waals surface area contributed by atoms with Crippen LogP contribution in [0.25, 0.3) is 0 Å². The van der Waals surface area contributed by atoms with Crippen LogP contribution < -0.4 is 21.7 Å². The minimum absolute atomic E-state index is 0.182. The highest BCUT2D eigenvalue weighted by molar-refractivity contribution is 7.80. The van der Waals surface area contributed by atoms with E-state index in [1.807, 2.05) is 0 Å². The fraction of sp³-hybridized carbons (Fsp3) is 0.688. The molecule has 5 unspecified atom stereocenters. The minimum atomic E-state index is -1.56. The maximum Gasteiger partial charge on any atom is 0.327 e. The summed E-state index contributed by atoms with van der Waals surface area (Å²) in [5.74, 6) is -6.02. The summed E-state index contributed by atoms with van der Waals surface area (Å²) in [6.07, 6.45) is -0.360. The second-order valence-corrected chi connectivity index (χ2v) is 6.77. The van der Waals surface area contributed by atoms with E-state index in [4.69, 9.17) is 21.1 Å². The van der Waals surface area contributed by atoms with Crippen LogP contribution in [-0.2, 0) is 24.0 Å². The summed E-state index contributed by atoms with van der Waals surface area (Å²) in [6, 6.07) is -5.39. The molecule has 0 fully saturated rings. The van der Waals surface area contributed by atoms with Gasteiger partial charge >= 0.3 is 11.9 Å². The van der Waals surface area contributed by atoms with E-state index in [-0.39, 0.29) is 5.75 Å². The molecule has 0 spiro atoms. The Morgan fingerprint density at radius 3 is 1.93 bits per heavy atom. The standard InChI is InChI=1S/C16H28N4O8S/c1-3-7(2)12(15(26)19-10(6-29)16(27)28)20-14(25)9(4-11(22)23)18-13(24)8(17)5-21/h7-10,12,21,29H,3-6,17H2,1-2H3,(H,18,24)(H,19,26)(H,20,25)(H,22,23)(H,27,28). The van der Waals surface area contributed by atoms with Gasteiger partial charge in [-0.3, -0.25) is 19.2 Å². The normalized spacial score (nSPS) is 15.9. The molecule has 0 aromatic heterocycles. The molecule has 3 amide bonds. The first-order valence-electron chi connectivity index (χ1n) is 8.81. The van der Waals surface area contributed by atoms with Gasteiger partial charge in [0.05, 0.1) is 13.0 Å². The molecule has 0 aliphatic rings. The molecule has 12 nitrogen and oxygen atoms in total. The Bertz CT molecular complexity index is 618. The number of aliphatic carboxylic acids is 2. The first-order valence-corrected chi connectivity index (χ1v) is 9.44. The molecule has 13 heteroatoms. The van der Waals surface area contributed by atoms with Crippen LogP contribution in [0.4, 0.5) is 0 Å². The molecule has 166 valence electrons. The van der Waals surface area contributed by atoms with Crippen LogP contribution in [0.3, 0.4) is 0 Å². The lowest BCUT2D eigenvalue weighted by atomic mass is 9.97. The van der Waals surface area contributed by atoms with Crippen LogP contribution >= 0.6 is 12.6 Å². The highest BCUT2D eigenvalue weighted by Crippen LogP contribution is 2.10. The zero-order chi connectivity index (χ0) is 22.7. The molecule has 0 heterocycles. The van der Waals surface area contributed by atoms with Gasteiger partial charge in [-0.15, -0.1) is 0 Å². The van der Waals surface area contributed by atoms with Gasteiger partial charge in [-0.2, -0.15) is 12.6 Å². The third-order valence-corrected chi connectivity index (χ3v) is 4.50. The van der Waals surface area contributed by atoms with Gasteiger partial charge in [-0.05, 0) is 5.92 Å². The number of nitrogens with two attached hydrogens (primary N) is 1. The molecule has 0 bridgehead atoms. The number of hydrogen-bond acceptors (Lipinski definition) is 8. The molecule has 0 saturated heterocycles. The van der Waals surface area contributed by atoms with Crippen LogP contribution in [-0.4, -0.2) is 81.5 Å². The third kappa shape index (κ3) is 9.11. The number of thiol groups is 1. The highest BCUT2D eigenvalue weighted by Gasteiger charge is 2.33. The molecule has 0 rings (SSSR count). The predicted molar refractivity (Wildman–Crippen MR) is 104 cm³/mol. The number of carboxylic acids is 2. The summed E-state index contributed by atoms with van der Waals surface area (Å²) < 4.78 is 0. The Morgan fingerprint density at radius 1 is 0.966 bits per heavy atom. The summed E-state index contributed by atoms with van der Waals surface area (Å²) in [4.78, 5) is 59.0. The number of nitrogens with one attached hydrogen (secondary N) is 3. The molecule has 5 atom stereocenters. The fourth-order valence-corrected chi connectivity index (χ4v) is 2.40. The van der Waals surface area contributed by atoms with Gasteiger partial charge in [0.1, 0.15) is 24.2 Å². The maximum atomic E-state index is 12.5. The molecule has 0 aliphatic carbocycles. The Morgan fingerprint density at radius 2 is 1.52 bits per heavy atom. The minimum Gasteiger partial charge on any atom is -0.481 e. The van der Waals surface area contributed by atoms with Crippen molar-refractivity contribution in [1.82, 2.24) is 16.0 Å². The number of hydrogen-bond donors (Lipinski definition) is 8. The number of rotatable bonds is 13. The average molecular weight is 436 g/mol. The Balaban J connectivity index is 5.46. The lowest BCUT2D eigenvalue weighted by Crippen LogP contribution is -2.59. The summed E-state index contributed by atoms with van der Waals surface area (Å²) in [6.45, 7) is 2.65. The molecule has 0 aromatic carbocycles. The molecule has 8 N–H and O–H groups in total. The SMILES string of the molecule is CCC(C)C(NC(=O)C(CC(=O)O)NC(=O)C(N)CO)C(=O)NC(CS)C(=O)O. The van der Waals surface area contributed by atoms with Gasteiger partial charge < -0.3 is 37.0 Å². The third-order valence-electron chi connectivity index (χ3n) is 4.14. The molecule has 0 aromatic rings. The van der Waals surface area contributed by atoms with Gasteiger partial charge in [-0.25, -0.2) is 4.79 Å². The summed E-state index contributed by atoms with van der Waals surface area (Å²) in [5, 5.41) is 33.7. The van der Waals surface area contributed by atoms with Crippen molar-refractivity contribution in [3.05, 3.63) is 0 Å². The van der Waals surface area contributed by atoms with Crippen molar-refractivity contribution in [1.29, 1.82) is 0 Å². The summed E-state index contributed by atoms with van der Waals surface area (Å²) >= 11 is 3.85. The zero-order valence-electron chi connectivity index (χ0n) is 16.1. The Hall–Kier alpha value is -2.38. The van der Waals surface area contributed by atoms with Crippen LogP contribution in [0.1, 0.15) is 26.7 Å². The highest BCUT2D eigenvalue weighted by atomic mass is 32.1. The molecule has 0 saturated carbocycles. The summed E-state index contributed by atoms with van der Waals surface area (Å²) in [7, 11) is 0. The molecule has 0 aliphatic heterocycles. The van der Waals surface area contributed by atoms with Crippen LogP contribution in [0.15, 0.2) is 0 Å². The van der Waals surface area contributed by atoms with E-state index in [1.54, 1.807) is 13.8 Å². The lowest BCUT2D eigenvalue weighted by Gasteiger charge is -2.27. The van der Waals surface area contributed by atoms with E-state index in [2.05, 4.69) is 28.6 Å². The van der Waals surface area contributed by atoms with Crippen molar-refractivity contribution in [3.63, 3.8) is 0 Å². The van der Waals surface area contributed by atoms with Crippen molar-refractivity contribution < 1.29 is 39.3 Å². The zero-order valence-corrected chi connectivity index (χ0v) is 17.0. The van der Waals surface area contributed by atoms with Crippen molar-refractivity contribution in [2.45, 2.75) is 50.9 Å². The largest absolute Gasteiger partial charge is 0.481 e. The van der Waals surface area contributed by atoms with Crippen molar-refractivity contribution in [2.24, 2.45) is 11.7 Å². The topological polar surface area (TPSA) is 208 Å². The van der Waals surface area contributed by atoms with Crippen LogP contribution in [0.5, 0.6) is 0 Å². The van der Waals surface area contributed by atoms with E-state index < -0.39 is 72.8 Å². The second-order valence-electron chi connectivity index (χ2n) is 6.40. The van der Waals surface area contributed by atoms with E-state index >= 15 is 0 Å². The van der Waals surface area contributed by atoms with Crippen molar-refractivity contribution in [3.8, 4) is 0 Å². The number of aliphatic hydroxyl groups excluding tert-OH is 1. The monoisotopic (exact) mass is 436 g/mol. The average Bonchev–Trinajstić information content (AvgIpc) is 2.67. The number of carboxylic acid groups (broad SMARTS) is 2. The molecule has 29 heavy (non-hydrogen) atoms. The van der Waals surface area contributed by atoms with Crippen LogP contribution in [0.2, 0.25) is 0 Å². The smallest absolute Gasteiger partial charge is 0.327 e. The Kier molecular flexibility index (Phi) is 11.9. The van der Waals surface area contributed by atoms with Gasteiger partial charge in [0.2, 0.25) is 17.7 Å². The molecular weight excluding hydrogens is 408 g/mol. The maximum absolute atomic E-state index is 12.5. The first kappa shape index (κ1) is 26.6. The molecule has 0 radical (unpaired) electrons. The number of aliphatic hydroxyl groups is 1. The van der Waals surface area contributed by atoms with Crippen LogP contribution in [0, 0.1) is 5.92 Å². The van der Waals surface area contributed by atoms with E-state index in [0.29, 0.717) is 6.42 Å². The van der Waals surface area contributed by atoms with E-state index in [0.717, 1.165) is 0 Å². The van der Waals surface area contributed by atoms with E-state index in [1.165, 1.54) is 0 Å². The van der Waals surface area contributed by atoms with Gasteiger partial charge in [0.25, 0.3) is 0 Å². The van der Waals surface area contributed by atoms with Gasteiger partial charge in [0, 0.05) is 5.75 Å². The van der Waals surface area contributed by atoms with E-state index in [9.17, 15) is 24.0 Å². The van der Waals surface area contributed by atoms with Crippen molar-refractivity contribution >= 4 is 42.3 Å². The number of carbonyl (C=O) groups excluding carboxylic acids is 3. The number of amides is 3. The van der Waals surface area contributed by atoms with Crippen molar-refractivity contribution in [2.75, 3.05) is 12.4 Å².